The van der Waals surface area contributed by atoms with Crippen LogP contribution in [0.4, 0.5) is 0 Å². The summed E-state index contributed by atoms with van der Waals surface area (Å²) in [6, 6.07) is 11.7. The monoisotopic (exact) mass is 427 g/mol. The van der Waals surface area contributed by atoms with E-state index in [9.17, 15) is 4.79 Å². The van der Waals surface area contributed by atoms with Crippen LogP contribution in [0.15, 0.2) is 53.9 Å². The maximum Gasteiger partial charge on any atom is 0.222 e. The van der Waals surface area contributed by atoms with E-state index >= 15 is 0 Å². The molecule has 0 bridgehead atoms. The molecular formula is C21H22ClN5OS. The van der Waals surface area contributed by atoms with Crippen LogP contribution >= 0.6 is 23.4 Å². The molecule has 0 spiro atoms. The molecule has 6 nitrogen and oxygen atoms in total. The quantitative estimate of drug-likeness (QED) is 0.541. The number of pyridine rings is 1. The third-order valence-electron chi connectivity index (χ3n) is 4.92. The highest BCUT2D eigenvalue weighted by atomic mass is 35.5. The van der Waals surface area contributed by atoms with Crippen LogP contribution in [0.3, 0.4) is 0 Å². The third kappa shape index (κ3) is 4.79. The zero-order valence-corrected chi connectivity index (χ0v) is 17.6. The number of nitrogens with zero attached hydrogens (tertiary/aromatic N) is 5. The Labute approximate surface area is 179 Å². The molecule has 2 aromatic heterocycles. The van der Waals surface area contributed by atoms with E-state index in [2.05, 4.69) is 15.2 Å². The van der Waals surface area contributed by atoms with Gasteiger partial charge in [-0.2, -0.15) is 0 Å². The first-order valence-electron chi connectivity index (χ1n) is 9.71. The number of rotatable bonds is 6. The van der Waals surface area contributed by atoms with Gasteiger partial charge in [-0.25, -0.2) is 0 Å². The van der Waals surface area contributed by atoms with Gasteiger partial charge in [-0.3, -0.25) is 14.3 Å². The van der Waals surface area contributed by atoms with Crippen LogP contribution in [-0.4, -0.2) is 37.1 Å². The van der Waals surface area contributed by atoms with E-state index in [-0.39, 0.29) is 5.91 Å². The Kier molecular flexibility index (Phi) is 6.46. The minimum atomic E-state index is 0.188. The molecule has 29 heavy (non-hydrogen) atoms. The average molecular weight is 428 g/mol. The molecule has 0 radical (unpaired) electrons. The fraction of sp³-hybridized carbons (Fsp3) is 0.333. The van der Waals surface area contributed by atoms with Gasteiger partial charge in [-0.15, -0.1) is 10.2 Å². The molecule has 0 aliphatic carbocycles. The van der Waals surface area contributed by atoms with E-state index in [4.69, 9.17) is 11.6 Å². The van der Waals surface area contributed by atoms with Gasteiger partial charge >= 0.3 is 0 Å². The predicted octanol–water partition coefficient (Wildman–Crippen LogP) is 4.51. The number of hydrogen-bond donors (Lipinski definition) is 0. The topological polar surface area (TPSA) is 63.9 Å². The van der Waals surface area contributed by atoms with Crippen LogP contribution in [0.5, 0.6) is 0 Å². The summed E-state index contributed by atoms with van der Waals surface area (Å²) in [5.74, 6) is 1.61. The Balaban J connectivity index is 1.62. The molecule has 4 rings (SSSR count). The van der Waals surface area contributed by atoms with Crippen molar-refractivity contribution in [3.8, 4) is 5.69 Å². The first-order valence-corrected chi connectivity index (χ1v) is 11.1. The number of aromatic nitrogens is 4. The molecule has 1 fully saturated rings. The lowest BCUT2D eigenvalue weighted by Crippen LogP contribution is -2.31. The summed E-state index contributed by atoms with van der Waals surface area (Å²) >= 11 is 7.87. The second kappa shape index (κ2) is 9.41. The predicted molar refractivity (Wildman–Crippen MR) is 114 cm³/mol. The molecule has 150 valence electrons. The van der Waals surface area contributed by atoms with Crippen molar-refractivity contribution in [2.45, 2.75) is 43.1 Å². The summed E-state index contributed by atoms with van der Waals surface area (Å²) in [7, 11) is 0. The Bertz CT molecular complexity index is 978. The maximum atomic E-state index is 12.5. The summed E-state index contributed by atoms with van der Waals surface area (Å²) in [5, 5.41) is 10.3. The zero-order chi connectivity index (χ0) is 20.1. The SMILES string of the molecule is O=C1CCCCCN1Cc1nnc(SCc2ccccc2Cl)n1-c1cccnc1. The lowest BCUT2D eigenvalue weighted by atomic mass is 10.2. The van der Waals surface area contributed by atoms with E-state index in [0.717, 1.165) is 53.1 Å². The van der Waals surface area contributed by atoms with Gasteiger partial charge in [0.25, 0.3) is 0 Å². The minimum Gasteiger partial charge on any atom is -0.335 e. The van der Waals surface area contributed by atoms with Gasteiger partial charge in [0.15, 0.2) is 11.0 Å². The fourth-order valence-electron chi connectivity index (χ4n) is 3.38. The number of benzene rings is 1. The van der Waals surface area contributed by atoms with Crippen LogP contribution in [0.25, 0.3) is 5.69 Å². The van der Waals surface area contributed by atoms with E-state index in [0.29, 0.717) is 18.7 Å². The van der Waals surface area contributed by atoms with Gasteiger partial charge < -0.3 is 4.90 Å². The minimum absolute atomic E-state index is 0.188. The molecular weight excluding hydrogens is 406 g/mol. The molecule has 0 N–H and O–H groups in total. The molecule has 1 amide bonds. The van der Waals surface area contributed by atoms with Gasteiger partial charge in [0.2, 0.25) is 5.91 Å². The van der Waals surface area contributed by atoms with Gasteiger partial charge in [0.05, 0.1) is 18.4 Å². The summed E-state index contributed by atoms with van der Waals surface area (Å²) < 4.78 is 1.99. The van der Waals surface area contributed by atoms with Crippen molar-refractivity contribution in [1.29, 1.82) is 0 Å². The van der Waals surface area contributed by atoms with Gasteiger partial charge in [0, 0.05) is 29.9 Å². The number of likely N-dealkylation sites (tertiary alicyclic amines) is 1. The molecule has 0 unspecified atom stereocenters. The average Bonchev–Trinajstić information content (AvgIpc) is 3.03. The van der Waals surface area contributed by atoms with E-state index < -0.39 is 0 Å². The van der Waals surface area contributed by atoms with Crippen LogP contribution in [-0.2, 0) is 17.1 Å². The van der Waals surface area contributed by atoms with Crippen molar-refractivity contribution in [2.24, 2.45) is 0 Å². The van der Waals surface area contributed by atoms with Crippen molar-refractivity contribution < 1.29 is 4.79 Å². The zero-order valence-electron chi connectivity index (χ0n) is 16.0. The Hall–Kier alpha value is -2.38. The Morgan fingerprint density at radius 1 is 1.07 bits per heavy atom. The summed E-state index contributed by atoms with van der Waals surface area (Å²) in [6.45, 7) is 1.22. The van der Waals surface area contributed by atoms with E-state index in [1.807, 2.05) is 45.9 Å². The van der Waals surface area contributed by atoms with E-state index in [1.54, 1.807) is 24.2 Å². The van der Waals surface area contributed by atoms with E-state index in [1.165, 1.54) is 0 Å². The third-order valence-corrected chi connectivity index (χ3v) is 6.27. The number of hydrogen-bond acceptors (Lipinski definition) is 5. The van der Waals surface area contributed by atoms with Crippen LogP contribution in [0, 0.1) is 0 Å². The molecule has 3 aromatic rings. The van der Waals surface area contributed by atoms with Crippen molar-refractivity contribution in [2.75, 3.05) is 6.54 Å². The van der Waals surface area contributed by atoms with Crippen molar-refractivity contribution >= 4 is 29.3 Å². The summed E-state index contributed by atoms with van der Waals surface area (Å²) in [4.78, 5) is 18.6. The lowest BCUT2D eigenvalue weighted by Gasteiger charge is -2.20. The van der Waals surface area contributed by atoms with Crippen LogP contribution in [0.2, 0.25) is 5.02 Å². The standard InChI is InChI=1S/C21H22ClN5OS/c22-18-9-4-3-7-16(18)15-29-21-25-24-19(27(21)17-8-6-11-23-13-17)14-26-12-5-1-2-10-20(26)28/h3-4,6-9,11,13H,1-2,5,10,12,14-15H2. The molecule has 1 aliphatic rings. The van der Waals surface area contributed by atoms with Gasteiger partial charge in [-0.05, 0) is 36.6 Å². The highest BCUT2D eigenvalue weighted by molar-refractivity contribution is 7.98. The Morgan fingerprint density at radius 3 is 2.79 bits per heavy atom. The summed E-state index contributed by atoms with van der Waals surface area (Å²) in [6.07, 6.45) is 7.22. The van der Waals surface area contributed by atoms with Crippen LogP contribution < -0.4 is 0 Å². The normalized spacial score (nSPS) is 14.8. The van der Waals surface area contributed by atoms with Crippen LogP contribution in [0.1, 0.15) is 37.1 Å². The number of halogens is 1. The lowest BCUT2D eigenvalue weighted by molar-refractivity contribution is -0.131. The highest BCUT2D eigenvalue weighted by Crippen LogP contribution is 2.28. The van der Waals surface area contributed by atoms with Crippen molar-refractivity contribution in [3.63, 3.8) is 0 Å². The molecule has 0 saturated carbocycles. The number of carbonyl (C=O) groups excluding carboxylic acids is 1. The number of thioether (sulfide) groups is 1. The summed E-state index contributed by atoms with van der Waals surface area (Å²) in [5.41, 5.74) is 1.93. The molecule has 0 atom stereocenters. The largest absolute Gasteiger partial charge is 0.335 e. The molecule has 1 aromatic carbocycles. The number of amides is 1. The first-order chi connectivity index (χ1) is 14.2. The fourth-order valence-corrected chi connectivity index (χ4v) is 4.63. The second-order valence-corrected chi connectivity index (χ2v) is 8.30. The molecule has 8 heteroatoms. The smallest absolute Gasteiger partial charge is 0.222 e. The second-order valence-electron chi connectivity index (χ2n) is 6.95. The number of carbonyl (C=O) groups is 1. The van der Waals surface area contributed by atoms with Crippen molar-refractivity contribution in [3.05, 3.63) is 65.2 Å². The van der Waals surface area contributed by atoms with Gasteiger partial charge in [-0.1, -0.05) is 48.0 Å². The molecule has 1 saturated heterocycles. The highest BCUT2D eigenvalue weighted by Gasteiger charge is 2.22. The molecule has 1 aliphatic heterocycles. The van der Waals surface area contributed by atoms with Crippen molar-refractivity contribution in [1.82, 2.24) is 24.6 Å². The maximum absolute atomic E-state index is 12.5. The molecule has 3 heterocycles. The Morgan fingerprint density at radius 2 is 1.97 bits per heavy atom. The first kappa shape index (κ1) is 19.9. The van der Waals surface area contributed by atoms with Gasteiger partial charge in [0.1, 0.15) is 0 Å².